The second-order valence-corrected chi connectivity index (χ2v) is 6.13. The summed E-state index contributed by atoms with van der Waals surface area (Å²) in [6.07, 6.45) is 2.54. The van der Waals surface area contributed by atoms with Gasteiger partial charge in [0.05, 0.1) is 17.8 Å². The lowest BCUT2D eigenvalue weighted by molar-refractivity contribution is -0.0762. The van der Waals surface area contributed by atoms with Gasteiger partial charge in [-0.15, -0.1) is 0 Å². The molecule has 1 aromatic carbocycles. The molecule has 1 heterocycles. The van der Waals surface area contributed by atoms with Gasteiger partial charge in [0, 0.05) is 18.1 Å². The van der Waals surface area contributed by atoms with Crippen molar-refractivity contribution in [1.29, 1.82) is 0 Å². The molecule has 2 atom stereocenters. The average Bonchev–Trinajstić information content (AvgIpc) is 3.21. The minimum absolute atomic E-state index is 0.0349. The van der Waals surface area contributed by atoms with Crippen molar-refractivity contribution in [2.45, 2.75) is 32.0 Å². The van der Waals surface area contributed by atoms with E-state index >= 15 is 0 Å². The number of morpholine rings is 1. The van der Waals surface area contributed by atoms with Crippen LogP contribution in [0.4, 0.5) is 0 Å². The molecule has 2 fully saturated rings. The fourth-order valence-corrected chi connectivity index (χ4v) is 2.90. The van der Waals surface area contributed by atoms with E-state index in [2.05, 4.69) is 0 Å². The van der Waals surface area contributed by atoms with Crippen LogP contribution < -0.4 is 0 Å². The predicted octanol–water partition coefficient (Wildman–Crippen LogP) is 2.69. The van der Waals surface area contributed by atoms with Crippen LogP contribution in [0, 0.1) is 5.92 Å². The Kier molecular flexibility index (Phi) is 3.61. The van der Waals surface area contributed by atoms with Crippen LogP contribution >= 0.6 is 11.6 Å². The lowest BCUT2D eigenvalue weighted by Crippen LogP contribution is -2.49. The van der Waals surface area contributed by atoms with Crippen LogP contribution in [0.15, 0.2) is 18.2 Å². The van der Waals surface area contributed by atoms with Gasteiger partial charge in [-0.2, -0.15) is 0 Å². The van der Waals surface area contributed by atoms with Crippen LogP contribution in [-0.4, -0.2) is 41.2 Å². The van der Waals surface area contributed by atoms with Gasteiger partial charge in [0.1, 0.15) is 5.75 Å². The van der Waals surface area contributed by atoms with Crippen LogP contribution in [0.3, 0.4) is 0 Å². The highest BCUT2D eigenvalue weighted by Crippen LogP contribution is 2.37. The highest BCUT2D eigenvalue weighted by molar-refractivity contribution is 6.30. The van der Waals surface area contributed by atoms with Crippen LogP contribution in [0.25, 0.3) is 0 Å². The van der Waals surface area contributed by atoms with E-state index in [-0.39, 0.29) is 23.9 Å². The minimum Gasteiger partial charge on any atom is -0.507 e. The number of hydrogen-bond acceptors (Lipinski definition) is 3. The van der Waals surface area contributed by atoms with E-state index in [0.717, 1.165) is 0 Å². The maximum absolute atomic E-state index is 12.5. The first-order valence-electron chi connectivity index (χ1n) is 6.98. The molecule has 1 saturated heterocycles. The maximum atomic E-state index is 12.5. The topological polar surface area (TPSA) is 49.8 Å². The number of benzene rings is 1. The van der Waals surface area contributed by atoms with Gasteiger partial charge in [0.15, 0.2) is 0 Å². The van der Waals surface area contributed by atoms with Crippen molar-refractivity contribution in [1.82, 2.24) is 4.90 Å². The molecule has 1 aliphatic carbocycles. The summed E-state index contributed by atoms with van der Waals surface area (Å²) >= 11 is 5.80. The number of aromatic hydroxyl groups is 1. The Morgan fingerprint density at radius 2 is 2.15 bits per heavy atom. The average molecular weight is 296 g/mol. The summed E-state index contributed by atoms with van der Waals surface area (Å²) in [6.45, 7) is 3.15. The normalized spacial score (nSPS) is 26.6. The number of rotatable bonds is 2. The summed E-state index contributed by atoms with van der Waals surface area (Å²) in [5.74, 6) is 0.372. The first kappa shape index (κ1) is 13.7. The van der Waals surface area contributed by atoms with Gasteiger partial charge in [0.2, 0.25) is 0 Å². The number of ether oxygens (including phenoxy) is 1. The lowest BCUT2D eigenvalue weighted by atomic mass is 10.1. The number of amides is 1. The fourth-order valence-electron chi connectivity index (χ4n) is 2.74. The number of phenolic OH excluding ortho intramolecular Hbond substituents is 1. The van der Waals surface area contributed by atoms with Crippen molar-refractivity contribution in [3.8, 4) is 5.75 Å². The number of nitrogens with zero attached hydrogens (tertiary/aromatic N) is 1. The second-order valence-electron chi connectivity index (χ2n) is 5.69. The monoisotopic (exact) mass is 295 g/mol. The number of carbonyl (C=O) groups is 1. The molecule has 2 aliphatic rings. The van der Waals surface area contributed by atoms with Gasteiger partial charge in [0.25, 0.3) is 5.91 Å². The number of phenols is 1. The first-order valence-corrected chi connectivity index (χ1v) is 7.35. The first-order chi connectivity index (χ1) is 9.54. The fraction of sp³-hybridized carbons (Fsp3) is 0.533. The van der Waals surface area contributed by atoms with Gasteiger partial charge in [-0.25, -0.2) is 0 Å². The molecule has 4 nitrogen and oxygen atoms in total. The molecule has 20 heavy (non-hydrogen) atoms. The number of halogens is 1. The van der Waals surface area contributed by atoms with Gasteiger partial charge in [-0.1, -0.05) is 11.6 Å². The van der Waals surface area contributed by atoms with E-state index < -0.39 is 0 Å². The van der Waals surface area contributed by atoms with Crippen molar-refractivity contribution in [2.75, 3.05) is 13.1 Å². The molecule has 1 N–H and O–H groups in total. The van der Waals surface area contributed by atoms with Gasteiger partial charge >= 0.3 is 0 Å². The minimum atomic E-state index is -0.153. The van der Waals surface area contributed by atoms with E-state index in [9.17, 15) is 9.90 Å². The molecular weight excluding hydrogens is 278 g/mol. The summed E-state index contributed by atoms with van der Waals surface area (Å²) in [7, 11) is 0. The molecule has 0 bridgehead atoms. The molecule has 1 amide bonds. The Bertz CT molecular complexity index is 530. The zero-order valence-corrected chi connectivity index (χ0v) is 12.1. The Labute approximate surface area is 123 Å². The van der Waals surface area contributed by atoms with Gasteiger partial charge in [-0.3, -0.25) is 4.79 Å². The van der Waals surface area contributed by atoms with Crippen LogP contribution in [0.2, 0.25) is 5.02 Å². The standard InChI is InChI=1S/C15H18ClNO3/c1-9-7-17(8-14(20-9)10-2-3-10)15(19)12-5-4-11(16)6-13(12)18/h4-6,9-10,14,18H,2-3,7-8H2,1H3/t9-,14-/m0/s1. The number of hydrogen-bond donors (Lipinski definition) is 1. The van der Waals surface area contributed by atoms with Crippen molar-refractivity contribution in [3.05, 3.63) is 28.8 Å². The second kappa shape index (κ2) is 5.26. The zero-order valence-electron chi connectivity index (χ0n) is 11.4. The quantitative estimate of drug-likeness (QED) is 0.912. The van der Waals surface area contributed by atoms with E-state index in [1.54, 1.807) is 17.0 Å². The van der Waals surface area contributed by atoms with Gasteiger partial charge < -0.3 is 14.7 Å². The van der Waals surface area contributed by atoms with E-state index in [1.807, 2.05) is 6.92 Å². The summed E-state index contributed by atoms with van der Waals surface area (Å²) in [4.78, 5) is 14.3. The molecule has 1 saturated carbocycles. The van der Waals surface area contributed by atoms with E-state index in [0.29, 0.717) is 29.6 Å². The molecule has 108 valence electrons. The molecule has 3 rings (SSSR count). The SMILES string of the molecule is C[C@H]1CN(C(=O)c2ccc(Cl)cc2O)C[C@@H](C2CC2)O1. The summed E-state index contributed by atoms with van der Waals surface area (Å²) in [5.41, 5.74) is 0.304. The largest absolute Gasteiger partial charge is 0.507 e. The lowest BCUT2D eigenvalue weighted by Gasteiger charge is -2.37. The summed E-state index contributed by atoms with van der Waals surface area (Å²) in [5, 5.41) is 10.3. The van der Waals surface area contributed by atoms with E-state index in [4.69, 9.17) is 16.3 Å². The molecule has 1 aliphatic heterocycles. The summed E-state index contributed by atoms with van der Waals surface area (Å²) < 4.78 is 5.90. The van der Waals surface area contributed by atoms with Crippen LogP contribution in [0.1, 0.15) is 30.1 Å². The smallest absolute Gasteiger partial charge is 0.257 e. The molecule has 1 aromatic rings. The molecular formula is C15H18ClNO3. The molecule has 5 heteroatoms. The summed E-state index contributed by atoms with van der Waals surface area (Å²) in [6, 6.07) is 4.60. The van der Waals surface area contributed by atoms with Crippen LogP contribution in [0.5, 0.6) is 5.75 Å². The third kappa shape index (κ3) is 2.76. The van der Waals surface area contributed by atoms with Crippen LogP contribution in [-0.2, 0) is 4.74 Å². The molecule has 0 aromatic heterocycles. The third-order valence-corrected chi connectivity index (χ3v) is 4.15. The van der Waals surface area contributed by atoms with Crippen molar-refractivity contribution < 1.29 is 14.6 Å². The van der Waals surface area contributed by atoms with Crippen molar-refractivity contribution >= 4 is 17.5 Å². The zero-order chi connectivity index (χ0) is 14.3. The molecule has 0 spiro atoms. The Morgan fingerprint density at radius 1 is 1.40 bits per heavy atom. The Balaban J connectivity index is 1.78. The third-order valence-electron chi connectivity index (χ3n) is 3.91. The Morgan fingerprint density at radius 3 is 2.80 bits per heavy atom. The van der Waals surface area contributed by atoms with Crippen molar-refractivity contribution in [2.24, 2.45) is 5.92 Å². The Hall–Kier alpha value is -1.26. The number of carbonyl (C=O) groups excluding carboxylic acids is 1. The predicted molar refractivity (Wildman–Crippen MR) is 76.1 cm³/mol. The maximum Gasteiger partial charge on any atom is 0.257 e. The van der Waals surface area contributed by atoms with Gasteiger partial charge in [-0.05, 0) is 43.9 Å². The highest BCUT2D eigenvalue weighted by atomic mass is 35.5. The molecule has 0 radical (unpaired) electrons. The van der Waals surface area contributed by atoms with Crippen molar-refractivity contribution in [3.63, 3.8) is 0 Å². The van der Waals surface area contributed by atoms with E-state index in [1.165, 1.54) is 18.9 Å². The highest BCUT2D eigenvalue weighted by Gasteiger charge is 2.39. The molecule has 0 unspecified atom stereocenters.